The minimum absolute atomic E-state index is 0.0831. The van der Waals surface area contributed by atoms with Gasteiger partial charge in [-0.05, 0) is 25.5 Å². The molecule has 0 atom stereocenters. The third kappa shape index (κ3) is 3.39. The minimum Gasteiger partial charge on any atom is -0.480 e. The lowest BCUT2D eigenvalue weighted by Crippen LogP contribution is -2.13. The van der Waals surface area contributed by atoms with Crippen LogP contribution in [0.4, 0.5) is 4.39 Å². The number of ether oxygens (including phenoxy) is 1. The molecule has 0 radical (unpaired) electrons. The van der Waals surface area contributed by atoms with Crippen LogP contribution >= 0.6 is 0 Å². The first-order valence-electron chi connectivity index (χ1n) is 7.21. The first-order chi connectivity index (χ1) is 10.3. The Morgan fingerprint density at radius 2 is 2.29 bits per heavy atom. The van der Waals surface area contributed by atoms with E-state index in [0.717, 1.165) is 30.8 Å². The molecular weight excluding hydrogens is 273 g/mol. The largest absolute Gasteiger partial charge is 0.480 e. The van der Waals surface area contributed by atoms with Crippen LogP contribution in [0.1, 0.15) is 43.0 Å². The van der Waals surface area contributed by atoms with Crippen LogP contribution in [0.2, 0.25) is 0 Å². The van der Waals surface area contributed by atoms with Crippen LogP contribution in [-0.4, -0.2) is 16.7 Å². The van der Waals surface area contributed by atoms with Crippen molar-refractivity contribution in [2.45, 2.75) is 38.8 Å². The van der Waals surface area contributed by atoms with Gasteiger partial charge in [0.2, 0.25) is 0 Å². The highest BCUT2D eigenvalue weighted by atomic mass is 19.1. The molecule has 1 saturated carbocycles. The summed E-state index contributed by atoms with van der Waals surface area (Å²) in [4.78, 5) is 4.27. The van der Waals surface area contributed by atoms with Crippen LogP contribution in [0.15, 0.2) is 22.7 Å². The zero-order valence-electron chi connectivity index (χ0n) is 11.9. The van der Waals surface area contributed by atoms with Gasteiger partial charge in [-0.3, -0.25) is 0 Å². The van der Waals surface area contributed by atoms with Crippen LogP contribution in [0.3, 0.4) is 0 Å². The highest BCUT2D eigenvalue weighted by Crippen LogP contribution is 2.38. The van der Waals surface area contributed by atoms with E-state index in [2.05, 4.69) is 15.5 Å². The van der Waals surface area contributed by atoms with E-state index in [1.807, 2.05) is 13.0 Å². The fourth-order valence-corrected chi connectivity index (χ4v) is 2.08. The molecule has 0 amide bonds. The molecule has 1 aliphatic carbocycles. The Balaban J connectivity index is 1.68. The quantitative estimate of drug-likeness (QED) is 0.850. The standard InChI is InChI=1S/C15H18FN3O2/c1-2-17-8-11-4-3-5-12(16)14(11)20-9-13-18-15(19-21-13)10-6-7-10/h3-5,10,17H,2,6-9H2,1H3. The van der Waals surface area contributed by atoms with Crippen LogP contribution in [0.5, 0.6) is 5.75 Å². The molecule has 0 bridgehead atoms. The van der Waals surface area contributed by atoms with Crippen LogP contribution in [0, 0.1) is 5.82 Å². The van der Waals surface area contributed by atoms with Crippen molar-refractivity contribution in [3.05, 3.63) is 41.3 Å². The summed E-state index contributed by atoms with van der Waals surface area (Å²) in [6.07, 6.45) is 2.22. The summed E-state index contributed by atoms with van der Waals surface area (Å²) in [6.45, 7) is 3.45. The predicted molar refractivity (Wildman–Crippen MR) is 74.4 cm³/mol. The molecule has 2 aromatic rings. The van der Waals surface area contributed by atoms with E-state index in [4.69, 9.17) is 9.26 Å². The lowest BCUT2D eigenvalue weighted by atomic mass is 10.2. The third-order valence-electron chi connectivity index (χ3n) is 3.38. The highest BCUT2D eigenvalue weighted by molar-refractivity contribution is 5.34. The first-order valence-corrected chi connectivity index (χ1v) is 7.21. The summed E-state index contributed by atoms with van der Waals surface area (Å²) in [5.41, 5.74) is 0.777. The van der Waals surface area contributed by atoms with E-state index in [-0.39, 0.29) is 18.2 Å². The van der Waals surface area contributed by atoms with Gasteiger partial charge < -0.3 is 14.6 Å². The van der Waals surface area contributed by atoms with Gasteiger partial charge in [0.05, 0.1) is 0 Å². The summed E-state index contributed by atoms with van der Waals surface area (Å²) in [5, 5.41) is 7.07. The topological polar surface area (TPSA) is 60.2 Å². The number of para-hydroxylation sites is 1. The van der Waals surface area contributed by atoms with Gasteiger partial charge in [0.25, 0.3) is 5.89 Å². The van der Waals surface area contributed by atoms with Gasteiger partial charge in [-0.25, -0.2) is 4.39 Å². The molecule has 3 rings (SSSR count). The third-order valence-corrected chi connectivity index (χ3v) is 3.38. The van der Waals surface area contributed by atoms with Crippen molar-refractivity contribution in [1.82, 2.24) is 15.5 Å². The number of aromatic nitrogens is 2. The Kier molecular flexibility index (Phi) is 4.15. The van der Waals surface area contributed by atoms with Crippen LogP contribution in [0.25, 0.3) is 0 Å². The van der Waals surface area contributed by atoms with Gasteiger partial charge >= 0.3 is 0 Å². The molecule has 1 fully saturated rings. The molecule has 5 nitrogen and oxygen atoms in total. The van der Waals surface area contributed by atoms with Crippen molar-refractivity contribution in [2.24, 2.45) is 0 Å². The van der Waals surface area contributed by atoms with E-state index in [0.29, 0.717) is 18.4 Å². The summed E-state index contributed by atoms with van der Waals surface area (Å²) in [5.74, 6) is 1.40. The number of nitrogens with zero attached hydrogens (tertiary/aromatic N) is 2. The SMILES string of the molecule is CCNCc1cccc(F)c1OCc1nc(C2CC2)no1. The molecule has 0 unspecified atom stereocenters. The Bertz CT molecular complexity index is 611. The van der Waals surface area contributed by atoms with Crippen molar-refractivity contribution in [1.29, 1.82) is 0 Å². The molecule has 112 valence electrons. The second kappa shape index (κ2) is 6.22. The first kappa shape index (κ1) is 14.0. The fourth-order valence-electron chi connectivity index (χ4n) is 2.08. The van der Waals surface area contributed by atoms with E-state index in [1.165, 1.54) is 6.07 Å². The van der Waals surface area contributed by atoms with Crippen molar-refractivity contribution in [2.75, 3.05) is 6.54 Å². The van der Waals surface area contributed by atoms with E-state index in [9.17, 15) is 4.39 Å². The Hall–Kier alpha value is -1.95. The van der Waals surface area contributed by atoms with Gasteiger partial charge in [0.15, 0.2) is 24.0 Å². The molecule has 1 aliphatic rings. The molecule has 1 aromatic carbocycles. The summed E-state index contributed by atoms with van der Waals surface area (Å²) in [7, 11) is 0. The van der Waals surface area contributed by atoms with Crippen LogP contribution in [-0.2, 0) is 13.2 Å². The molecule has 0 saturated heterocycles. The molecule has 1 N–H and O–H groups in total. The van der Waals surface area contributed by atoms with Gasteiger partial charge in [-0.2, -0.15) is 4.98 Å². The average Bonchev–Trinajstić information content (AvgIpc) is 3.23. The number of rotatable bonds is 7. The smallest absolute Gasteiger partial charge is 0.264 e. The normalized spacial score (nSPS) is 14.4. The highest BCUT2D eigenvalue weighted by Gasteiger charge is 2.28. The van der Waals surface area contributed by atoms with Crippen molar-refractivity contribution in [3.63, 3.8) is 0 Å². The lowest BCUT2D eigenvalue weighted by Gasteiger charge is -2.11. The van der Waals surface area contributed by atoms with Crippen molar-refractivity contribution >= 4 is 0 Å². The molecule has 0 spiro atoms. The predicted octanol–water partition coefficient (Wildman–Crippen LogP) is 2.77. The zero-order chi connectivity index (χ0) is 14.7. The van der Waals surface area contributed by atoms with Gasteiger partial charge in [0.1, 0.15) is 0 Å². The number of hydrogen-bond donors (Lipinski definition) is 1. The van der Waals surface area contributed by atoms with E-state index in [1.54, 1.807) is 6.07 Å². The number of benzene rings is 1. The minimum atomic E-state index is -0.382. The van der Waals surface area contributed by atoms with Gasteiger partial charge in [-0.15, -0.1) is 0 Å². The maximum Gasteiger partial charge on any atom is 0.264 e. The summed E-state index contributed by atoms with van der Waals surface area (Å²) < 4.78 is 24.6. The van der Waals surface area contributed by atoms with Gasteiger partial charge in [-0.1, -0.05) is 24.2 Å². The Labute approximate surface area is 122 Å². The monoisotopic (exact) mass is 291 g/mol. The summed E-state index contributed by atoms with van der Waals surface area (Å²) in [6, 6.07) is 4.89. The van der Waals surface area contributed by atoms with Crippen molar-refractivity contribution < 1.29 is 13.7 Å². The Morgan fingerprint density at radius 3 is 3.05 bits per heavy atom. The van der Waals surface area contributed by atoms with E-state index >= 15 is 0 Å². The maximum atomic E-state index is 13.9. The average molecular weight is 291 g/mol. The molecular formula is C15H18FN3O2. The molecule has 21 heavy (non-hydrogen) atoms. The van der Waals surface area contributed by atoms with E-state index < -0.39 is 0 Å². The Morgan fingerprint density at radius 1 is 1.43 bits per heavy atom. The lowest BCUT2D eigenvalue weighted by molar-refractivity contribution is 0.231. The van der Waals surface area contributed by atoms with Crippen molar-refractivity contribution in [3.8, 4) is 5.75 Å². The molecule has 6 heteroatoms. The second-order valence-electron chi connectivity index (χ2n) is 5.12. The second-order valence-corrected chi connectivity index (χ2v) is 5.12. The van der Waals surface area contributed by atoms with Gasteiger partial charge in [0, 0.05) is 18.0 Å². The molecule has 1 aromatic heterocycles. The number of halogens is 1. The number of nitrogens with one attached hydrogen (secondary N) is 1. The zero-order valence-corrected chi connectivity index (χ0v) is 11.9. The molecule has 1 heterocycles. The molecule has 0 aliphatic heterocycles. The number of hydrogen-bond acceptors (Lipinski definition) is 5. The summed E-state index contributed by atoms with van der Waals surface area (Å²) >= 11 is 0. The van der Waals surface area contributed by atoms with Crippen LogP contribution < -0.4 is 10.1 Å². The maximum absolute atomic E-state index is 13.9. The fraction of sp³-hybridized carbons (Fsp3) is 0.467.